The van der Waals surface area contributed by atoms with Crippen LogP contribution in [0.15, 0.2) is 35.4 Å². The van der Waals surface area contributed by atoms with Crippen molar-refractivity contribution in [1.29, 1.82) is 0 Å². The Morgan fingerprint density at radius 3 is 2.54 bits per heavy atom. The van der Waals surface area contributed by atoms with Gasteiger partial charge in [-0.15, -0.1) is 5.10 Å². The monoisotopic (exact) mass is 347 g/mol. The molecule has 1 aromatic carbocycles. The highest BCUT2D eigenvalue weighted by Gasteiger charge is 2.35. The SMILES string of the molecule is Cc1cc(C)c(S(=O)(=O)N2CCC(Oc3cccnn3)C2)c(C)c1. The van der Waals surface area contributed by atoms with E-state index >= 15 is 0 Å². The topological polar surface area (TPSA) is 72.4 Å². The predicted octanol–water partition coefficient (Wildman–Crippen LogP) is 2.24. The summed E-state index contributed by atoms with van der Waals surface area (Å²) in [5.74, 6) is 0.421. The summed E-state index contributed by atoms with van der Waals surface area (Å²) in [6, 6.07) is 7.27. The van der Waals surface area contributed by atoms with Gasteiger partial charge >= 0.3 is 0 Å². The Kier molecular flexibility index (Phi) is 4.56. The molecule has 128 valence electrons. The van der Waals surface area contributed by atoms with Gasteiger partial charge in [-0.1, -0.05) is 17.7 Å². The maximum absolute atomic E-state index is 13.0. The van der Waals surface area contributed by atoms with E-state index in [-0.39, 0.29) is 6.10 Å². The number of ether oxygens (including phenoxy) is 1. The highest BCUT2D eigenvalue weighted by Crippen LogP contribution is 2.28. The number of rotatable bonds is 4. The average molecular weight is 347 g/mol. The highest BCUT2D eigenvalue weighted by atomic mass is 32.2. The van der Waals surface area contributed by atoms with Gasteiger partial charge in [-0.3, -0.25) is 0 Å². The molecule has 3 rings (SSSR count). The van der Waals surface area contributed by atoms with Crippen LogP contribution in [0.3, 0.4) is 0 Å². The summed E-state index contributed by atoms with van der Waals surface area (Å²) in [6.07, 6.45) is 2.00. The van der Waals surface area contributed by atoms with Gasteiger partial charge in [0.05, 0.1) is 11.4 Å². The van der Waals surface area contributed by atoms with E-state index < -0.39 is 10.0 Å². The van der Waals surface area contributed by atoms with Crippen molar-refractivity contribution in [1.82, 2.24) is 14.5 Å². The van der Waals surface area contributed by atoms with Crippen LogP contribution in [0.5, 0.6) is 5.88 Å². The van der Waals surface area contributed by atoms with Crippen molar-refractivity contribution < 1.29 is 13.2 Å². The maximum Gasteiger partial charge on any atom is 0.243 e. The fraction of sp³-hybridized carbons (Fsp3) is 0.412. The van der Waals surface area contributed by atoms with Crippen LogP contribution in [-0.4, -0.2) is 42.1 Å². The number of aryl methyl sites for hydroxylation is 3. The summed E-state index contributed by atoms with van der Waals surface area (Å²) in [4.78, 5) is 0.410. The van der Waals surface area contributed by atoms with E-state index in [0.717, 1.165) is 16.7 Å². The molecule has 0 amide bonds. The number of sulfonamides is 1. The molecule has 0 bridgehead atoms. The van der Waals surface area contributed by atoms with E-state index in [4.69, 9.17) is 4.74 Å². The first-order valence-corrected chi connectivity index (χ1v) is 9.34. The zero-order chi connectivity index (χ0) is 17.3. The smallest absolute Gasteiger partial charge is 0.243 e. The van der Waals surface area contributed by atoms with E-state index in [1.165, 1.54) is 4.31 Å². The van der Waals surface area contributed by atoms with Gasteiger partial charge in [-0.25, -0.2) is 8.42 Å². The Bertz CT molecular complexity index is 814. The molecule has 2 aromatic rings. The van der Waals surface area contributed by atoms with Crippen LogP contribution in [0.4, 0.5) is 0 Å². The van der Waals surface area contributed by atoms with Crippen LogP contribution in [-0.2, 0) is 10.0 Å². The molecule has 0 N–H and O–H groups in total. The van der Waals surface area contributed by atoms with Crippen LogP contribution in [0, 0.1) is 20.8 Å². The number of hydrogen-bond acceptors (Lipinski definition) is 5. The molecule has 1 aliphatic rings. The van der Waals surface area contributed by atoms with E-state index in [9.17, 15) is 8.42 Å². The minimum absolute atomic E-state index is 0.206. The van der Waals surface area contributed by atoms with Crippen molar-refractivity contribution in [3.63, 3.8) is 0 Å². The van der Waals surface area contributed by atoms with Gasteiger partial charge in [-0.05, 0) is 44.4 Å². The van der Waals surface area contributed by atoms with Crippen LogP contribution in [0.25, 0.3) is 0 Å². The maximum atomic E-state index is 13.0. The number of nitrogens with zero attached hydrogens (tertiary/aromatic N) is 3. The minimum atomic E-state index is -3.52. The van der Waals surface area contributed by atoms with Crippen LogP contribution < -0.4 is 4.74 Å². The summed E-state index contributed by atoms with van der Waals surface area (Å²) in [5, 5.41) is 7.65. The van der Waals surface area contributed by atoms with Crippen LogP contribution in [0.2, 0.25) is 0 Å². The van der Waals surface area contributed by atoms with Gasteiger partial charge in [0, 0.05) is 18.8 Å². The van der Waals surface area contributed by atoms with Gasteiger partial charge < -0.3 is 4.74 Å². The van der Waals surface area contributed by atoms with Crippen molar-refractivity contribution in [2.45, 2.75) is 38.2 Å². The van der Waals surface area contributed by atoms with Gasteiger partial charge in [0.1, 0.15) is 6.10 Å². The molecule has 1 saturated heterocycles. The summed E-state index contributed by atoms with van der Waals surface area (Å²) >= 11 is 0. The third kappa shape index (κ3) is 3.27. The molecule has 1 fully saturated rings. The van der Waals surface area contributed by atoms with Crippen molar-refractivity contribution in [3.05, 3.63) is 47.2 Å². The molecule has 6 nitrogen and oxygen atoms in total. The zero-order valence-corrected chi connectivity index (χ0v) is 14.9. The first kappa shape index (κ1) is 16.9. The lowest BCUT2D eigenvalue weighted by Gasteiger charge is -2.20. The number of hydrogen-bond donors (Lipinski definition) is 0. The normalized spacial score (nSPS) is 18.7. The first-order chi connectivity index (χ1) is 11.4. The Morgan fingerprint density at radius 1 is 1.21 bits per heavy atom. The molecule has 24 heavy (non-hydrogen) atoms. The fourth-order valence-electron chi connectivity index (χ4n) is 3.24. The van der Waals surface area contributed by atoms with Crippen LogP contribution in [0.1, 0.15) is 23.1 Å². The molecule has 7 heteroatoms. The number of benzene rings is 1. The first-order valence-electron chi connectivity index (χ1n) is 7.90. The summed E-state index contributed by atoms with van der Waals surface area (Å²) in [6.45, 7) is 6.43. The molecule has 2 heterocycles. The van der Waals surface area contributed by atoms with Crippen molar-refractivity contribution in [3.8, 4) is 5.88 Å². The van der Waals surface area contributed by atoms with Crippen LogP contribution >= 0.6 is 0 Å². The predicted molar refractivity (Wildman–Crippen MR) is 90.5 cm³/mol. The third-order valence-corrected chi connectivity index (χ3v) is 6.32. The Morgan fingerprint density at radius 2 is 1.92 bits per heavy atom. The lowest BCUT2D eigenvalue weighted by atomic mass is 10.1. The number of aromatic nitrogens is 2. The van der Waals surface area contributed by atoms with E-state index in [2.05, 4.69) is 10.2 Å². The van der Waals surface area contributed by atoms with E-state index in [0.29, 0.717) is 30.3 Å². The highest BCUT2D eigenvalue weighted by molar-refractivity contribution is 7.89. The van der Waals surface area contributed by atoms with Crippen molar-refractivity contribution in [2.24, 2.45) is 0 Å². The van der Waals surface area contributed by atoms with Crippen molar-refractivity contribution in [2.75, 3.05) is 13.1 Å². The second kappa shape index (κ2) is 6.49. The zero-order valence-electron chi connectivity index (χ0n) is 14.1. The van der Waals surface area contributed by atoms with E-state index in [1.807, 2.05) is 32.9 Å². The Balaban J connectivity index is 1.80. The molecule has 0 saturated carbocycles. The molecule has 1 atom stereocenters. The van der Waals surface area contributed by atoms with Crippen molar-refractivity contribution >= 4 is 10.0 Å². The molecule has 0 radical (unpaired) electrons. The summed E-state index contributed by atoms with van der Waals surface area (Å²) < 4.78 is 33.3. The molecular weight excluding hydrogens is 326 g/mol. The third-order valence-electron chi connectivity index (χ3n) is 4.15. The molecule has 1 aliphatic heterocycles. The Labute approximate surface area is 142 Å². The van der Waals surface area contributed by atoms with E-state index in [1.54, 1.807) is 18.3 Å². The van der Waals surface area contributed by atoms with Gasteiger partial charge in [0.25, 0.3) is 0 Å². The lowest BCUT2D eigenvalue weighted by molar-refractivity contribution is 0.204. The molecule has 1 unspecified atom stereocenters. The standard InChI is InChI=1S/C17H21N3O3S/c1-12-9-13(2)17(14(3)10-12)24(21,22)20-8-6-15(11-20)23-16-5-4-7-18-19-16/h4-5,7,9-10,15H,6,8,11H2,1-3H3. The second-order valence-electron chi connectivity index (χ2n) is 6.18. The van der Waals surface area contributed by atoms with Gasteiger partial charge in [0.2, 0.25) is 15.9 Å². The summed E-state index contributed by atoms with van der Waals surface area (Å²) in [7, 11) is -3.52. The Hall–Kier alpha value is -1.99. The fourth-order valence-corrected chi connectivity index (χ4v) is 5.13. The molecule has 0 aliphatic carbocycles. The largest absolute Gasteiger partial charge is 0.472 e. The van der Waals surface area contributed by atoms with Gasteiger partial charge in [-0.2, -0.15) is 9.40 Å². The quantitative estimate of drug-likeness (QED) is 0.848. The van der Waals surface area contributed by atoms with Gasteiger partial charge in [0.15, 0.2) is 0 Å². The second-order valence-corrected chi connectivity index (χ2v) is 8.06. The minimum Gasteiger partial charge on any atom is -0.472 e. The molecular formula is C17H21N3O3S. The molecule has 1 aromatic heterocycles. The summed E-state index contributed by atoms with van der Waals surface area (Å²) in [5.41, 5.74) is 2.63. The lowest BCUT2D eigenvalue weighted by Crippen LogP contribution is -2.32. The average Bonchev–Trinajstić information content (AvgIpc) is 2.96. The molecule has 0 spiro atoms.